The molecule has 0 N–H and O–H groups in total. The van der Waals surface area contributed by atoms with E-state index in [2.05, 4.69) is 6.92 Å². The maximum atomic E-state index is 13.4. The fraction of sp³-hybridized carbons (Fsp3) is 0.355. The van der Waals surface area contributed by atoms with Crippen LogP contribution in [0, 0.1) is 11.6 Å². The summed E-state index contributed by atoms with van der Waals surface area (Å²) in [7, 11) is 0. The standard InChI is InChI=1S/C31H32F2O4/c1-2-3-4-5-6-7-8-9-10-11-25-28(30(36)22-14-18-24(33)19-15-22)27(34)20-26(31(25)37)29(35)21-12-16-23(32)17-13-21/h12-20H,2-11H2,1H3. The van der Waals surface area contributed by atoms with Gasteiger partial charge in [0.05, 0.1) is 11.1 Å². The monoisotopic (exact) mass is 506 g/mol. The topological polar surface area (TPSA) is 68.3 Å². The molecule has 6 heteroatoms. The second-order valence-corrected chi connectivity index (χ2v) is 9.36. The maximum Gasteiger partial charge on any atom is 0.197 e. The van der Waals surface area contributed by atoms with Crippen LogP contribution in [0.1, 0.15) is 91.8 Å². The van der Waals surface area contributed by atoms with Crippen LogP contribution in [0.25, 0.3) is 0 Å². The van der Waals surface area contributed by atoms with Crippen molar-refractivity contribution in [2.24, 2.45) is 0 Å². The number of carbonyl (C=O) groups excluding carboxylic acids is 4. The molecular weight excluding hydrogens is 474 g/mol. The summed E-state index contributed by atoms with van der Waals surface area (Å²) in [6.45, 7) is 2.18. The van der Waals surface area contributed by atoms with Crippen LogP contribution in [0.2, 0.25) is 0 Å². The molecule has 0 aromatic heterocycles. The van der Waals surface area contributed by atoms with Gasteiger partial charge < -0.3 is 0 Å². The van der Waals surface area contributed by atoms with Gasteiger partial charge in [0.2, 0.25) is 0 Å². The van der Waals surface area contributed by atoms with Crippen LogP contribution >= 0.6 is 0 Å². The van der Waals surface area contributed by atoms with Crippen molar-refractivity contribution >= 4 is 23.1 Å². The third kappa shape index (κ3) is 7.48. The zero-order valence-corrected chi connectivity index (χ0v) is 21.2. The fourth-order valence-electron chi connectivity index (χ4n) is 4.46. The van der Waals surface area contributed by atoms with Crippen molar-refractivity contribution in [1.29, 1.82) is 0 Å². The van der Waals surface area contributed by atoms with Gasteiger partial charge in [-0.25, -0.2) is 8.78 Å². The number of carbonyl (C=O) groups is 4. The van der Waals surface area contributed by atoms with Gasteiger partial charge in [0.15, 0.2) is 23.1 Å². The van der Waals surface area contributed by atoms with Crippen LogP contribution in [-0.4, -0.2) is 23.1 Å². The van der Waals surface area contributed by atoms with Gasteiger partial charge in [-0.15, -0.1) is 0 Å². The van der Waals surface area contributed by atoms with E-state index in [1.54, 1.807) is 0 Å². The SMILES string of the molecule is CCCCCCCCCCCC1=C(C(=O)c2ccc(F)cc2)C(=O)C=C(C(=O)c2ccc(F)cc2)C1=O. The van der Waals surface area contributed by atoms with E-state index in [0.717, 1.165) is 56.0 Å². The summed E-state index contributed by atoms with van der Waals surface area (Å²) in [5.41, 5.74) is -0.436. The summed E-state index contributed by atoms with van der Waals surface area (Å²) in [6.07, 6.45) is 10.5. The van der Waals surface area contributed by atoms with Gasteiger partial charge in [-0.05, 0) is 61.4 Å². The van der Waals surface area contributed by atoms with Crippen LogP contribution < -0.4 is 0 Å². The number of Topliss-reactive ketones (excluding diaryl/α,β-unsaturated/α-hetero) is 3. The molecule has 0 atom stereocenters. The second kappa shape index (κ2) is 13.7. The lowest BCUT2D eigenvalue weighted by Gasteiger charge is -2.18. The van der Waals surface area contributed by atoms with Gasteiger partial charge in [0.1, 0.15) is 11.6 Å². The van der Waals surface area contributed by atoms with Crippen molar-refractivity contribution in [1.82, 2.24) is 0 Å². The molecule has 37 heavy (non-hydrogen) atoms. The van der Waals surface area contributed by atoms with Crippen molar-refractivity contribution in [3.05, 3.63) is 94.1 Å². The van der Waals surface area contributed by atoms with Crippen molar-refractivity contribution in [2.75, 3.05) is 0 Å². The van der Waals surface area contributed by atoms with E-state index >= 15 is 0 Å². The first-order valence-corrected chi connectivity index (χ1v) is 13.0. The molecule has 0 fully saturated rings. The van der Waals surface area contributed by atoms with Gasteiger partial charge in [0, 0.05) is 22.8 Å². The molecule has 3 rings (SSSR count). The molecule has 0 heterocycles. The number of benzene rings is 2. The second-order valence-electron chi connectivity index (χ2n) is 9.36. The predicted octanol–water partition coefficient (Wildman–Crippen LogP) is 7.33. The van der Waals surface area contributed by atoms with E-state index in [1.165, 1.54) is 49.9 Å². The van der Waals surface area contributed by atoms with Gasteiger partial charge in [0.25, 0.3) is 0 Å². The number of unbranched alkanes of at least 4 members (excludes halogenated alkanes) is 8. The largest absolute Gasteiger partial charge is 0.289 e. The highest BCUT2D eigenvalue weighted by Crippen LogP contribution is 2.29. The summed E-state index contributed by atoms with van der Waals surface area (Å²) in [4.78, 5) is 52.8. The van der Waals surface area contributed by atoms with Gasteiger partial charge >= 0.3 is 0 Å². The Morgan fingerprint density at radius 3 is 1.62 bits per heavy atom. The minimum atomic E-state index is -0.731. The average Bonchev–Trinajstić information content (AvgIpc) is 2.89. The number of hydrogen-bond acceptors (Lipinski definition) is 4. The summed E-state index contributed by atoms with van der Waals surface area (Å²) in [6, 6.07) is 9.46. The first kappa shape index (κ1) is 28.0. The molecule has 2 aromatic carbocycles. The van der Waals surface area contributed by atoms with E-state index in [-0.39, 0.29) is 34.3 Å². The Kier molecular flexibility index (Phi) is 10.4. The van der Waals surface area contributed by atoms with Crippen LogP contribution in [0.15, 0.2) is 71.3 Å². The third-order valence-electron chi connectivity index (χ3n) is 6.56. The Bertz CT molecular complexity index is 1200. The van der Waals surface area contributed by atoms with Gasteiger partial charge in [-0.1, -0.05) is 58.3 Å². The number of hydrogen-bond donors (Lipinski definition) is 0. The molecule has 0 unspecified atom stereocenters. The van der Waals surface area contributed by atoms with E-state index in [1.807, 2.05) is 0 Å². The number of halogens is 2. The number of ketones is 4. The lowest BCUT2D eigenvalue weighted by atomic mass is 9.81. The van der Waals surface area contributed by atoms with Crippen molar-refractivity contribution in [3.8, 4) is 0 Å². The highest BCUT2D eigenvalue weighted by Gasteiger charge is 2.35. The summed E-state index contributed by atoms with van der Waals surface area (Å²) in [5.74, 6) is -3.83. The molecule has 0 radical (unpaired) electrons. The van der Waals surface area contributed by atoms with Crippen LogP contribution in [0.5, 0.6) is 0 Å². The smallest absolute Gasteiger partial charge is 0.197 e. The maximum absolute atomic E-state index is 13.4. The molecule has 194 valence electrons. The van der Waals surface area contributed by atoms with Crippen molar-refractivity contribution in [2.45, 2.75) is 71.1 Å². The normalized spacial score (nSPS) is 13.6. The summed E-state index contributed by atoms with van der Waals surface area (Å²) >= 11 is 0. The average molecular weight is 507 g/mol. The third-order valence-corrected chi connectivity index (χ3v) is 6.56. The Morgan fingerprint density at radius 1 is 0.649 bits per heavy atom. The highest BCUT2D eigenvalue weighted by atomic mass is 19.1. The highest BCUT2D eigenvalue weighted by molar-refractivity contribution is 6.43. The predicted molar refractivity (Wildman–Crippen MR) is 138 cm³/mol. The molecule has 2 aromatic rings. The van der Waals surface area contributed by atoms with Gasteiger partial charge in [-0.3, -0.25) is 19.2 Å². The molecule has 0 aliphatic heterocycles. The summed E-state index contributed by atoms with van der Waals surface area (Å²) < 4.78 is 26.7. The van der Waals surface area contributed by atoms with Crippen molar-refractivity contribution < 1.29 is 28.0 Å². The Morgan fingerprint density at radius 2 is 1.11 bits per heavy atom. The molecule has 0 amide bonds. The fourth-order valence-corrected chi connectivity index (χ4v) is 4.46. The van der Waals surface area contributed by atoms with Crippen molar-refractivity contribution in [3.63, 3.8) is 0 Å². The van der Waals surface area contributed by atoms with Crippen LogP contribution in [0.4, 0.5) is 8.78 Å². The molecule has 1 aliphatic carbocycles. The van der Waals surface area contributed by atoms with E-state index < -0.39 is 34.8 Å². The first-order valence-electron chi connectivity index (χ1n) is 13.0. The Balaban J connectivity index is 1.79. The van der Waals surface area contributed by atoms with E-state index in [4.69, 9.17) is 0 Å². The minimum absolute atomic E-state index is 0.00947. The van der Waals surface area contributed by atoms with E-state index in [0.29, 0.717) is 6.42 Å². The molecule has 0 saturated heterocycles. The minimum Gasteiger partial charge on any atom is -0.289 e. The van der Waals surface area contributed by atoms with Gasteiger partial charge in [-0.2, -0.15) is 0 Å². The lowest BCUT2D eigenvalue weighted by Crippen LogP contribution is -2.27. The quantitative estimate of drug-likeness (QED) is 0.116. The number of rotatable bonds is 14. The number of allylic oxidation sites excluding steroid dienone is 4. The summed E-state index contributed by atoms with van der Waals surface area (Å²) in [5, 5.41) is 0. The molecule has 1 aliphatic rings. The molecule has 4 nitrogen and oxygen atoms in total. The Labute approximate surface area is 216 Å². The molecule has 0 saturated carbocycles. The molecule has 0 spiro atoms. The molecule has 0 bridgehead atoms. The lowest BCUT2D eigenvalue weighted by molar-refractivity contribution is -0.115. The van der Waals surface area contributed by atoms with Crippen LogP contribution in [-0.2, 0) is 9.59 Å². The van der Waals surface area contributed by atoms with Crippen LogP contribution in [0.3, 0.4) is 0 Å². The zero-order chi connectivity index (χ0) is 26.8. The first-order chi connectivity index (χ1) is 17.8. The Hall–Kier alpha value is -3.54. The molecular formula is C31H32F2O4. The zero-order valence-electron chi connectivity index (χ0n) is 21.2. The van der Waals surface area contributed by atoms with E-state index in [9.17, 15) is 28.0 Å².